The summed E-state index contributed by atoms with van der Waals surface area (Å²) in [4.78, 5) is 24.2. The van der Waals surface area contributed by atoms with Crippen molar-refractivity contribution >= 4 is 11.9 Å². The molecule has 0 radical (unpaired) electrons. The minimum absolute atomic E-state index is 0.0299. The molecule has 2 N–H and O–H groups in total. The lowest BCUT2D eigenvalue weighted by molar-refractivity contribution is -0.143. The fourth-order valence-corrected chi connectivity index (χ4v) is 2.49. The predicted octanol–water partition coefficient (Wildman–Crippen LogP) is 2.53. The molecule has 2 rings (SSSR count). The zero-order valence-corrected chi connectivity index (χ0v) is 13.7. The molecular formula is C19H21NO4. The van der Waals surface area contributed by atoms with Crippen LogP contribution < -0.4 is 5.32 Å². The SMILES string of the molecule is COC(C(=O)NCC(C)(C(=O)O)c1ccccc1)c1ccccc1. The summed E-state index contributed by atoms with van der Waals surface area (Å²) in [5.41, 5.74) is 0.132. The number of nitrogens with one attached hydrogen (secondary N) is 1. The van der Waals surface area contributed by atoms with E-state index in [2.05, 4.69) is 5.32 Å². The molecule has 0 bridgehead atoms. The number of carboxylic acid groups (broad SMARTS) is 1. The van der Waals surface area contributed by atoms with Crippen LogP contribution in [0, 0.1) is 0 Å². The maximum absolute atomic E-state index is 12.4. The molecular weight excluding hydrogens is 306 g/mol. The van der Waals surface area contributed by atoms with Gasteiger partial charge in [-0.05, 0) is 18.1 Å². The first-order valence-electron chi connectivity index (χ1n) is 7.63. The second-order valence-electron chi connectivity index (χ2n) is 5.75. The van der Waals surface area contributed by atoms with E-state index in [9.17, 15) is 14.7 Å². The average molecular weight is 327 g/mol. The van der Waals surface area contributed by atoms with Crippen molar-refractivity contribution in [1.82, 2.24) is 5.32 Å². The Kier molecular flexibility index (Phi) is 5.71. The summed E-state index contributed by atoms with van der Waals surface area (Å²) in [7, 11) is 1.45. The van der Waals surface area contributed by atoms with Gasteiger partial charge in [-0.15, -0.1) is 0 Å². The van der Waals surface area contributed by atoms with E-state index in [0.29, 0.717) is 11.1 Å². The summed E-state index contributed by atoms with van der Waals surface area (Å²) >= 11 is 0. The number of amides is 1. The minimum Gasteiger partial charge on any atom is -0.481 e. The van der Waals surface area contributed by atoms with Crippen molar-refractivity contribution in [2.24, 2.45) is 0 Å². The second-order valence-corrected chi connectivity index (χ2v) is 5.75. The molecule has 24 heavy (non-hydrogen) atoms. The van der Waals surface area contributed by atoms with Gasteiger partial charge in [0.25, 0.3) is 5.91 Å². The van der Waals surface area contributed by atoms with Crippen molar-refractivity contribution in [2.75, 3.05) is 13.7 Å². The van der Waals surface area contributed by atoms with Crippen LogP contribution in [0.25, 0.3) is 0 Å². The summed E-state index contributed by atoms with van der Waals surface area (Å²) in [5, 5.41) is 12.3. The van der Waals surface area contributed by atoms with Crippen molar-refractivity contribution in [2.45, 2.75) is 18.4 Å². The number of methoxy groups -OCH3 is 1. The topological polar surface area (TPSA) is 75.6 Å². The Morgan fingerprint density at radius 3 is 2.12 bits per heavy atom. The van der Waals surface area contributed by atoms with Crippen molar-refractivity contribution in [1.29, 1.82) is 0 Å². The number of carbonyl (C=O) groups is 2. The molecule has 2 aromatic carbocycles. The van der Waals surface area contributed by atoms with Gasteiger partial charge < -0.3 is 15.2 Å². The van der Waals surface area contributed by atoms with Crippen molar-refractivity contribution in [3.63, 3.8) is 0 Å². The highest BCUT2D eigenvalue weighted by atomic mass is 16.5. The quantitative estimate of drug-likeness (QED) is 0.819. The molecule has 0 aliphatic heterocycles. The van der Waals surface area contributed by atoms with Gasteiger partial charge in [0.05, 0.1) is 0 Å². The van der Waals surface area contributed by atoms with Crippen LogP contribution in [0.3, 0.4) is 0 Å². The first-order valence-corrected chi connectivity index (χ1v) is 7.63. The number of benzene rings is 2. The predicted molar refractivity (Wildman–Crippen MR) is 90.6 cm³/mol. The van der Waals surface area contributed by atoms with Crippen molar-refractivity contribution in [3.05, 3.63) is 71.8 Å². The van der Waals surface area contributed by atoms with Crippen LogP contribution >= 0.6 is 0 Å². The lowest BCUT2D eigenvalue weighted by Crippen LogP contribution is -2.45. The van der Waals surface area contributed by atoms with Gasteiger partial charge in [0.15, 0.2) is 6.10 Å². The van der Waals surface area contributed by atoms with Crippen LogP contribution in [0.4, 0.5) is 0 Å². The smallest absolute Gasteiger partial charge is 0.315 e. The molecule has 0 saturated heterocycles. The van der Waals surface area contributed by atoms with Gasteiger partial charge >= 0.3 is 5.97 Å². The molecule has 5 nitrogen and oxygen atoms in total. The number of carboxylic acids is 1. The third-order valence-corrected chi connectivity index (χ3v) is 4.08. The maximum atomic E-state index is 12.4. The Hall–Kier alpha value is -2.66. The van der Waals surface area contributed by atoms with Gasteiger partial charge in [-0.1, -0.05) is 60.7 Å². The highest BCUT2D eigenvalue weighted by Gasteiger charge is 2.36. The Morgan fingerprint density at radius 2 is 1.62 bits per heavy atom. The normalized spacial score (nSPS) is 14.4. The molecule has 0 fully saturated rings. The Bertz CT molecular complexity index is 687. The number of aliphatic carboxylic acids is 1. The maximum Gasteiger partial charge on any atom is 0.315 e. The number of rotatable bonds is 7. The van der Waals surface area contributed by atoms with Crippen LogP contribution in [0.1, 0.15) is 24.2 Å². The molecule has 0 saturated carbocycles. The first-order chi connectivity index (χ1) is 11.5. The van der Waals surface area contributed by atoms with Crippen LogP contribution in [-0.2, 0) is 19.7 Å². The van der Waals surface area contributed by atoms with E-state index in [1.54, 1.807) is 43.3 Å². The van der Waals surface area contributed by atoms with Gasteiger partial charge in [-0.25, -0.2) is 0 Å². The minimum atomic E-state index is -1.22. The fraction of sp³-hybridized carbons (Fsp3) is 0.263. The molecule has 126 valence electrons. The average Bonchev–Trinajstić information content (AvgIpc) is 2.62. The third kappa shape index (κ3) is 3.81. The highest BCUT2D eigenvalue weighted by Crippen LogP contribution is 2.24. The number of ether oxygens (including phenoxy) is 1. The molecule has 1 amide bonds. The summed E-state index contributed by atoms with van der Waals surface area (Å²) in [5.74, 6) is -1.37. The van der Waals surface area contributed by atoms with Crippen molar-refractivity contribution < 1.29 is 19.4 Å². The van der Waals surface area contributed by atoms with Crippen LogP contribution in [0.2, 0.25) is 0 Å². The summed E-state index contributed by atoms with van der Waals surface area (Å²) in [6, 6.07) is 17.9. The van der Waals surface area contributed by atoms with E-state index in [0.717, 1.165) is 0 Å². The Balaban J connectivity index is 2.14. The number of carbonyl (C=O) groups excluding carboxylic acids is 1. The second kappa shape index (κ2) is 7.75. The zero-order chi connectivity index (χ0) is 17.6. The van der Waals surface area contributed by atoms with E-state index in [-0.39, 0.29) is 12.5 Å². The van der Waals surface area contributed by atoms with Crippen molar-refractivity contribution in [3.8, 4) is 0 Å². The van der Waals surface area contributed by atoms with Gasteiger partial charge in [-0.3, -0.25) is 9.59 Å². The molecule has 0 aliphatic rings. The lowest BCUT2D eigenvalue weighted by atomic mass is 9.82. The molecule has 2 unspecified atom stereocenters. The summed E-state index contributed by atoms with van der Waals surface area (Å²) in [6.45, 7) is 1.56. The van der Waals surface area contributed by atoms with E-state index in [1.165, 1.54) is 7.11 Å². The van der Waals surface area contributed by atoms with E-state index in [1.807, 2.05) is 24.3 Å². The van der Waals surface area contributed by atoms with Crippen LogP contribution in [0.15, 0.2) is 60.7 Å². The zero-order valence-electron chi connectivity index (χ0n) is 13.7. The van der Waals surface area contributed by atoms with E-state index >= 15 is 0 Å². The third-order valence-electron chi connectivity index (χ3n) is 4.08. The summed E-state index contributed by atoms with van der Waals surface area (Å²) < 4.78 is 5.27. The summed E-state index contributed by atoms with van der Waals surface area (Å²) in [6.07, 6.45) is -0.778. The Morgan fingerprint density at radius 1 is 1.08 bits per heavy atom. The number of hydrogen-bond donors (Lipinski definition) is 2. The lowest BCUT2D eigenvalue weighted by Gasteiger charge is -2.26. The van der Waals surface area contributed by atoms with Gasteiger partial charge in [0, 0.05) is 13.7 Å². The molecule has 0 heterocycles. The van der Waals surface area contributed by atoms with E-state index in [4.69, 9.17) is 4.74 Å². The molecule has 2 aromatic rings. The van der Waals surface area contributed by atoms with Gasteiger partial charge in [0.2, 0.25) is 0 Å². The Labute approximate surface area is 141 Å². The fourth-order valence-electron chi connectivity index (χ4n) is 2.49. The first kappa shape index (κ1) is 17.7. The standard InChI is InChI=1S/C19H21NO4/c1-19(18(22)23,15-11-7-4-8-12-15)13-20-17(21)16(24-2)14-9-5-3-6-10-14/h3-12,16H,13H2,1-2H3,(H,20,21)(H,22,23). The molecule has 0 aliphatic carbocycles. The largest absolute Gasteiger partial charge is 0.481 e. The molecule has 0 aromatic heterocycles. The van der Waals surface area contributed by atoms with Crippen LogP contribution in [0.5, 0.6) is 0 Å². The molecule has 5 heteroatoms. The van der Waals surface area contributed by atoms with Gasteiger partial charge in [0.1, 0.15) is 5.41 Å². The molecule has 2 atom stereocenters. The number of hydrogen-bond acceptors (Lipinski definition) is 3. The molecule has 0 spiro atoms. The van der Waals surface area contributed by atoms with Gasteiger partial charge in [-0.2, -0.15) is 0 Å². The monoisotopic (exact) mass is 327 g/mol. The van der Waals surface area contributed by atoms with E-state index < -0.39 is 17.5 Å². The highest BCUT2D eigenvalue weighted by molar-refractivity contribution is 5.85. The van der Waals surface area contributed by atoms with Crippen LogP contribution in [-0.4, -0.2) is 30.6 Å².